The van der Waals surface area contributed by atoms with Crippen molar-refractivity contribution < 1.29 is 23.8 Å². The molecule has 0 spiro atoms. The van der Waals surface area contributed by atoms with Crippen molar-refractivity contribution in [3.63, 3.8) is 0 Å². The number of aryl methyl sites for hydroxylation is 1. The lowest BCUT2D eigenvalue weighted by atomic mass is 9.94. The number of amides is 2. The number of thiazole rings is 1. The van der Waals surface area contributed by atoms with Gasteiger partial charge in [-0.15, -0.1) is 0 Å². The lowest BCUT2D eigenvalue weighted by molar-refractivity contribution is -0.118. The van der Waals surface area contributed by atoms with E-state index in [1.807, 2.05) is 18.2 Å². The summed E-state index contributed by atoms with van der Waals surface area (Å²) in [6, 6.07) is 5.68. The van der Waals surface area contributed by atoms with Crippen molar-refractivity contribution >= 4 is 28.3 Å². The minimum Gasteiger partial charge on any atom is -0.454 e. The van der Waals surface area contributed by atoms with Gasteiger partial charge in [-0.25, -0.2) is 4.98 Å². The summed E-state index contributed by atoms with van der Waals surface area (Å²) in [6.07, 6.45) is 3.08. The normalized spacial score (nSPS) is 18.5. The average molecular weight is 487 g/mol. The smallest absolute Gasteiger partial charge is 0.263 e. The number of carbonyl (C=O) groups excluding carboxylic acids is 2. The lowest BCUT2D eigenvalue weighted by Gasteiger charge is -2.26. The monoisotopic (exact) mass is 486 g/mol. The number of anilines is 1. The summed E-state index contributed by atoms with van der Waals surface area (Å²) in [7, 11) is 0. The molecule has 3 heterocycles. The Kier molecular flexibility index (Phi) is 6.71. The molecular formula is C24H30N4O5S. The van der Waals surface area contributed by atoms with E-state index < -0.39 is 5.41 Å². The summed E-state index contributed by atoms with van der Waals surface area (Å²) in [5.74, 6) is 1.15. The van der Waals surface area contributed by atoms with E-state index in [4.69, 9.17) is 14.2 Å². The highest BCUT2D eigenvalue weighted by Gasteiger charge is 2.52. The molecule has 2 aliphatic heterocycles. The number of aromatic nitrogens is 1. The molecule has 2 fully saturated rings. The molecule has 0 radical (unpaired) electrons. The van der Waals surface area contributed by atoms with Crippen molar-refractivity contribution in [2.45, 2.75) is 38.0 Å². The number of fused-ring (bicyclic) bond motifs is 1. The van der Waals surface area contributed by atoms with Gasteiger partial charge in [0, 0.05) is 26.2 Å². The van der Waals surface area contributed by atoms with E-state index in [9.17, 15) is 9.59 Å². The minimum atomic E-state index is -0.585. The van der Waals surface area contributed by atoms with Crippen molar-refractivity contribution in [2.75, 3.05) is 51.5 Å². The number of nitrogens with one attached hydrogen (secondary N) is 2. The number of hydrogen-bond donors (Lipinski definition) is 2. The first-order valence-corrected chi connectivity index (χ1v) is 12.7. The van der Waals surface area contributed by atoms with Gasteiger partial charge in [-0.1, -0.05) is 30.7 Å². The zero-order valence-corrected chi connectivity index (χ0v) is 20.2. The molecule has 1 aromatic heterocycles. The minimum absolute atomic E-state index is 0.0950. The van der Waals surface area contributed by atoms with Crippen LogP contribution in [-0.4, -0.2) is 67.9 Å². The number of ether oxygens (including phenoxy) is 3. The zero-order valence-electron chi connectivity index (χ0n) is 19.4. The molecule has 1 saturated heterocycles. The second kappa shape index (κ2) is 9.89. The van der Waals surface area contributed by atoms with Crippen LogP contribution < -0.4 is 20.1 Å². The molecule has 182 valence electrons. The van der Waals surface area contributed by atoms with Crippen molar-refractivity contribution in [1.82, 2.24) is 15.2 Å². The topological polar surface area (TPSA) is 102 Å². The maximum absolute atomic E-state index is 13.3. The molecule has 1 aliphatic carbocycles. The first-order chi connectivity index (χ1) is 16.6. The number of morpholine rings is 1. The Labute approximate surface area is 202 Å². The van der Waals surface area contributed by atoms with Crippen LogP contribution in [0.25, 0.3) is 0 Å². The first kappa shape index (κ1) is 23.1. The van der Waals surface area contributed by atoms with E-state index in [1.54, 1.807) is 0 Å². The molecule has 34 heavy (non-hydrogen) atoms. The summed E-state index contributed by atoms with van der Waals surface area (Å²) in [4.78, 5) is 33.6. The van der Waals surface area contributed by atoms with Crippen molar-refractivity contribution in [2.24, 2.45) is 0 Å². The van der Waals surface area contributed by atoms with E-state index >= 15 is 0 Å². The van der Waals surface area contributed by atoms with Crippen molar-refractivity contribution in [3.05, 3.63) is 34.3 Å². The Bertz CT molecular complexity index is 1060. The Balaban J connectivity index is 1.24. The summed E-state index contributed by atoms with van der Waals surface area (Å²) >= 11 is 1.25. The molecule has 2 N–H and O–H groups in total. The molecular weight excluding hydrogens is 456 g/mol. The predicted molar refractivity (Wildman–Crippen MR) is 128 cm³/mol. The molecule has 9 nitrogen and oxygen atoms in total. The number of benzene rings is 1. The van der Waals surface area contributed by atoms with Gasteiger partial charge in [0.15, 0.2) is 16.6 Å². The third kappa shape index (κ3) is 4.75. The molecule has 1 aromatic carbocycles. The van der Waals surface area contributed by atoms with E-state index in [-0.39, 0.29) is 18.6 Å². The SMILES string of the molecule is CCCc1nc(NC(=O)C2(c3ccc4c(c3)OCO4)CC2)sc1C(=O)NCCN1CCOCC1. The molecule has 3 aliphatic rings. The van der Waals surface area contributed by atoms with Gasteiger partial charge < -0.3 is 24.8 Å². The van der Waals surface area contributed by atoms with Crippen molar-refractivity contribution in [1.29, 1.82) is 0 Å². The standard InChI is InChI=1S/C24H30N4O5S/c1-2-3-17-20(21(29)25-8-9-28-10-12-31-13-11-28)34-23(26-17)27-22(30)24(6-7-24)16-4-5-18-19(14-16)33-15-32-18/h4-5,14H,2-3,6-13,15H2,1H3,(H,25,29)(H,26,27,30). The van der Waals surface area contributed by atoms with E-state index in [0.717, 1.165) is 63.4 Å². The molecule has 0 bridgehead atoms. The highest BCUT2D eigenvalue weighted by Crippen LogP contribution is 2.51. The molecule has 2 aromatic rings. The summed E-state index contributed by atoms with van der Waals surface area (Å²) in [6.45, 7) is 6.86. The van der Waals surface area contributed by atoms with Gasteiger partial charge >= 0.3 is 0 Å². The number of rotatable bonds is 9. The number of hydrogen-bond acceptors (Lipinski definition) is 8. The van der Waals surface area contributed by atoms with Crippen LogP contribution in [0.5, 0.6) is 11.5 Å². The van der Waals surface area contributed by atoms with Gasteiger partial charge in [-0.2, -0.15) is 0 Å². The Morgan fingerprint density at radius 3 is 2.74 bits per heavy atom. The highest BCUT2D eigenvalue weighted by atomic mass is 32.1. The summed E-state index contributed by atoms with van der Waals surface area (Å²) in [5.41, 5.74) is 1.07. The van der Waals surface area contributed by atoms with E-state index in [0.29, 0.717) is 34.5 Å². The predicted octanol–water partition coefficient (Wildman–Crippen LogP) is 2.56. The first-order valence-electron chi connectivity index (χ1n) is 11.9. The zero-order chi connectivity index (χ0) is 23.5. The maximum atomic E-state index is 13.3. The van der Waals surface area contributed by atoms with Crippen LogP contribution in [0.4, 0.5) is 5.13 Å². The molecule has 10 heteroatoms. The van der Waals surface area contributed by atoms with Crippen LogP contribution in [0.3, 0.4) is 0 Å². The molecule has 0 atom stereocenters. The highest BCUT2D eigenvalue weighted by molar-refractivity contribution is 7.17. The third-order valence-electron chi connectivity index (χ3n) is 6.54. The van der Waals surface area contributed by atoms with Crippen molar-refractivity contribution in [3.8, 4) is 11.5 Å². The number of carbonyl (C=O) groups is 2. The second-order valence-corrected chi connectivity index (χ2v) is 9.86. The van der Waals surface area contributed by atoms with Gasteiger partial charge in [0.1, 0.15) is 4.88 Å². The Hall–Kier alpha value is -2.69. The maximum Gasteiger partial charge on any atom is 0.263 e. The molecule has 2 amide bonds. The van der Waals surface area contributed by atoms with Crippen LogP contribution in [0.15, 0.2) is 18.2 Å². The van der Waals surface area contributed by atoms with Gasteiger partial charge in [-0.05, 0) is 37.0 Å². The fourth-order valence-corrected chi connectivity index (χ4v) is 5.33. The quantitative estimate of drug-likeness (QED) is 0.562. The Morgan fingerprint density at radius 2 is 1.97 bits per heavy atom. The fraction of sp³-hybridized carbons (Fsp3) is 0.542. The van der Waals surface area contributed by atoms with Crippen LogP contribution in [0.2, 0.25) is 0 Å². The van der Waals surface area contributed by atoms with Gasteiger partial charge in [0.2, 0.25) is 12.7 Å². The van der Waals surface area contributed by atoms with Crippen LogP contribution >= 0.6 is 11.3 Å². The van der Waals surface area contributed by atoms with E-state index in [1.165, 1.54) is 11.3 Å². The van der Waals surface area contributed by atoms with Gasteiger partial charge in [-0.3, -0.25) is 14.5 Å². The average Bonchev–Trinajstić information content (AvgIpc) is 3.36. The molecule has 0 unspecified atom stereocenters. The third-order valence-corrected chi connectivity index (χ3v) is 7.55. The van der Waals surface area contributed by atoms with Gasteiger partial charge in [0.05, 0.1) is 24.3 Å². The lowest BCUT2D eigenvalue weighted by Crippen LogP contribution is -2.41. The Morgan fingerprint density at radius 1 is 1.18 bits per heavy atom. The van der Waals surface area contributed by atoms with Crippen LogP contribution in [0.1, 0.15) is 47.1 Å². The summed E-state index contributed by atoms with van der Waals surface area (Å²) in [5, 5.41) is 6.47. The van der Waals surface area contributed by atoms with Crippen LogP contribution in [-0.2, 0) is 21.4 Å². The summed E-state index contributed by atoms with van der Waals surface area (Å²) < 4.78 is 16.2. The second-order valence-electron chi connectivity index (χ2n) is 8.86. The number of nitrogens with zero attached hydrogens (tertiary/aromatic N) is 2. The largest absolute Gasteiger partial charge is 0.454 e. The molecule has 5 rings (SSSR count). The van der Waals surface area contributed by atoms with Gasteiger partial charge in [0.25, 0.3) is 5.91 Å². The molecule has 1 saturated carbocycles. The fourth-order valence-electron chi connectivity index (χ4n) is 4.40. The van der Waals surface area contributed by atoms with Crippen LogP contribution in [0, 0.1) is 0 Å². The van der Waals surface area contributed by atoms with E-state index in [2.05, 4.69) is 27.4 Å².